The molecule has 26 heavy (non-hydrogen) atoms. The third kappa shape index (κ3) is 3.80. The molecule has 1 N–H and O–H groups in total. The molecule has 1 aliphatic carbocycles. The van der Waals surface area contributed by atoms with Crippen molar-refractivity contribution >= 4 is 6.09 Å². The summed E-state index contributed by atoms with van der Waals surface area (Å²) in [4.78, 5) is 12.2. The van der Waals surface area contributed by atoms with Crippen LogP contribution in [0.25, 0.3) is 0 Å². The molecule has 2 rings (SSSR count). The van der Waals surface area contributed by atoms with Crippen molar-refractivity contribution in [2.75, 3.05) is 0 Å². The Bertz CT molecular complexity index is 723. The maximum absolute atomic E-state index is 12.2. The van der Waals surface area contributed by atoms with Gasteiger partial charge in [-0.2, -0.15) is 5.26 Å². The van der Waals surface area contributed by atoms with E-state index >= 15 is 0 Å². The lowest BCUT2D eigenvalue weighted by Crippen LogP contribution is -2.74. The number of nitrogens with one attached hydrogen (secondary N) is 1. The van der Waals surface area contributed by atoms with Gasteiger partial charge in [-0.1, -0.05) is 27.7 Å². The highest BCUT2D eigenvalue weighted by Crippen LogP contribution is 2.55. The number of nitriles is 1. The molecule has 0 radical (unpaired) electrons. The van der Waals surface area contributed by atoms with E-state index in [9.17, 15) is 4.79 Å². The minimum absolute atomic E-state index is 0.0747. The van der Waals surface area contributed by atoms with E-state index in [1.165, 1.54) is 0 Å². The van der Waals surface area contributed by atoms with Gasteiger partial charge in [-0.25, -0.2) is 4.79 Å². The van der Waals surface area contributed by atoms with Gasteiger partial charge in [0.2, 0.25) is 0 Å². The molecule has 0 aliphatic heterocycles. The average molecular weight is 358 g/mol. The fourth-order valence-corrected chi connectivity index (χ4v) is 4.20. The molecular formula is C21H30N2O3. The first-order valence-electron chi connectivity index (χ1n) is 8.96. The van der Waals surface area contributed by atoms with Gasteiger partial charge < -0.3 is 14.8 Å². The van der Waals surface area contributed by atoms with Gasteiger partial charge in [-0.15, -0.1) is 0 Å². The molecule has 1 amide bonds. The zero-order chi connectivity index (χ0) is 19.9. The van der Waals surface area contributed by atoms with E-state index in [-0.39, 0.29) is 23.0 Å². The second-order valence-electron chi connectivity index (χ2n) is 9.31. The van der Waals surface area contributed by atoms with Crippen LogP contribution in [0.5, 0.6) is 5.75 Å². The van der Waals surface area contributed by atoms with Gasteiger partial charge >= 0.3 is 6.09 Å². The standard InChI is InChI=1S/C21H30N2O3/c1-13-11-15(10-9-14(13)12-22)25-17-20(5,6)16(21(17,7)8)23-18(24)26-19(2,3)4/h9-11,16-17H,1-8H3,(H,23,24)/t16-,17-. The molecule has 1 fully saturated rings. The van der Waals surface area contributed by atoms with E-state index in [1.807, 2.05) is 39.8 Å². The Morgan fingerprint density at radius 1 is 1.19 bits per heavy atom. The van der Waals surface area contributed by atoms with Crippen molar-refractivity contribution in [1.82, 2.24) is 5.32 Å². The van der Waals surface area contributed by atoms with Gasteiger partial charge in [-0.3, -0.25) is 0 Å². The quantitative estimate of drug-likeness (QED) is 0.859. The third-order valence-corrected chi connectivity index (χ3v) is 5.07. The number of alkyl carbamates (subject to hydrolysis) is 1. The van der Waals surface area contributed by atoms with Crippen molar-refractivity contribution in [2.45, 2.75) is 73.1 Å². The molecule has 1 saturated carbocycles. The first kappa shape index (κ1) is 20.1. The summed E-state index contributed by atoms with van der Waals surface area (Å²) in [5.41, 5.74) is 0.486. The summed E-state index contributed by atoms with van der Waals surface area (Å²) < 4.78 is 11.7. The smallest absolute Gasteiger partial charge is 0.407 e. The molecule has 0 aromatic heterocycles. The van der Waals surface area contributed by atoms with Crippen LogP contribution in [0.1, 0.15) is 59.6 Å². The Kier molecular flexibility index (Phi) is 5.02. The van der Waals surface area contributed by atoms with Crippen LogP contribution in [0, 0.1) is 29.1 Å². The van der Waals surface area contributed by atoms with Crippen LogP contribution in [-0.4, -0.2) is 23.8 Å². The Balaban J connectivity index is 2.14. The highest BCUT2D eigenvalue weighted by atomic mass is 16.6. The van der Waals surface area contributed by atoms with Gasteiger partial charge in [-0.05, 0) is 51.5 Å². The number of nitrogens with zero attached hydrogens (tertiary/aromatic N) is 1. The Morgan fingerprint density at radius 2 is 1.77 bits per heavy atom. The van der Waals surface area contributed by atoms with Crippen LogP contribution < -0.4 is 10.1 Å². The molecule has 0 atom stereocenters. The minimum atomic E-state index is -0.530. The number of benzene rings is 1. The summed E-state index contributed by atoms with van der Waals surface area (Å²) in [6.45, 7) is 15.8. The number of carbonyl (C=O) groups is 1. The number of hydrogen-bond donors (Lipinski definition) is 1. The van der Waals surface area contributed by atoms with E-state index in [0.717, 1.165) is 11.3 Å². The maximum Gasteiger partial charge on any atom is 0.407 e. The molecule has 1 aromatic carbocycles. The molecule has 0 unspecified atom stereocenters. The van der Waals surface area contributed by atoms with Crippen LogP contribution in [0.15, 0.2) is 18.2 Å². The summed E-state index contributed by atoms with van der Waals surface area (Å²) in [6.07, 6.45) is -0.487. The van der Waals surface area contributed by atoms with E-state index < -0.39 is 11.7 Å². The summed E-state index contributed by atoms with van der Waals surface area (Å²) in [6, 6.07) is 7.58. The minimum Gasteiger partial charge on any atom is -0.489 e. The maximum atomic E-state index is 12.2. The lowest BCUT2D eigenvalue weighted by atomic mass is 9.49. The summed E-state index contributed by atoms with van der Waals surface area (Å²) >= 11 is 0. The van der Waals surface area contributed by atoms with Gasteiger partial charge in [0.25, 0.3) is 0 Å². The lowest BCUT2D eigenvalue weighted by molar-refractivity contribution is -0.166. The molecule has 0 heterocycles. The molecule has 0 bridgehead atoms. The topological polar surface area (TPSA) is 71.3 Å². The zero-order valence-corrected chi connectivity index (χ0v) is 17.1. The van der Waals surface area contributed by atoms with Crippen LogP contribution in [0.3, 0.4) is 0 Å². The van der Waals surface area contributed by atoms with E-state index in [4.69, 9.17) is 14.7 Å². The van der Waals surface area contributed by atoms with E-state index in [0.29, 0.717) is 5.56 Å². The molecule has 5 heteroatoms. The van der Waals surface area contributed by atoms with Crippen molar-refractivity contribution in [3.05, 3.63) is 29.3 Å². The van der Waals surface area contributed by atoms with Crippen LogP contribution in [0.2, 0.25) is 0 Å². The number of rotatable bonds is 3. The van der Waals surface area contributed by atoms with Crippen molar-refractivity contribution in [3.8, 4) is 11.8 Å². The second-order valence-corrected chi connectivity index (χ2v) is 9.31. The van der Waals surface area contributed by atoms with Crippen molar-refractivity contribution in [1.29, 1.82) is 5.26 Å². The zero-order valence-electron chi connectivity index (χ0n) is 17.1. The number of amides is 1. The van der Waals surface area contributed by atoms with Crippen molar-refractivity contribution in [2.24, 2.45) is 10.8 Å². The Labute approximate surface area is 156 Å². The number of hydrogen-bond acceptors (Lipinski definition) is 4. The van der Waals surface area contributed by atoms with E-state index in [2.05, 4.69) is 39.1 Å². The Morgan fingerprint density at radius 3 is 2.23 bits per heavy atom. The van der Waals surface area contributed by atoms with Gasteiger partial charge in [0.05, 0.1) is 11.6 Å². The molecule has 0 spiro atoms. The third-order valence-electron chi connectivity index (χ3n) is 5.07. The average Bonchev–Trinajstić information content (AvgIpc) is 2.48. The first-order chi connectivity index (χ1) is 11.8. The van der Waals surface area contributed by atoms with Crippen LogP contribution >= 0.6 is 0 Å². The van der Waals surface area contributed by atoms with Crippen LogP contribution in [-0.2, 0) is 4.74 Å². The van der Waals surface area contributed by atoms with E-state index in [1.54, 1.807) is 6.07 Å². The number of ether oxygens (including phenoxy) is 2. The SMILES string of the molecule is Cc1cc(O[C@H]2C(C)(C)[C@H](NC(=O)OC(C)(C)C)C2(C)C)ccc1C#N. The Hall–Kier alpha value is -2.22. The summed E-state index contributed by atoms with van der Waals surface area (Å²) in [7, 11) is 0. The first-order valence-corrected chi connectivity index (χ1v) is 8.96. The van der Waals surface area contributed by atoms with Crippen LogP contribution in [0.4, 0.5) is 4.79 Å². The van der Waals surface area contributed by atoms with Crippen molar-refractivity contribution in [3.63, 3.8) is 0 Å². The number of aryl methyl sites for hydroxylation is 1. The van der Waals surface area contributed by atoms with Gasteiger partial charge in [0, 0.05) is 16.9 Å². The molecular weight excluding hydrogens is 328 g/mol. The highest BCUT2D eigenvalue weighted by Gasteiger charge is 2.64. The number of carbonyl (C=O) groups excluding carboxylic acids is 1. The predicted octanol–water partition coefficient (Wildman–Crippen LogP) is 4.57. The molecule has 1 aliphatic rings. The van der Waals surface area contributed by atoms with Gasteiger partial charge in [0.15, 0.2) is 0 Å². The normalized spacial score (nSPS) is 23.3. The van der Waals surface area contributed by atoms with Gasteiger partial charge in [0.1, 0.15) is 17.5 Å². The fourth-order valence-electron chi connectivity index (χ4n) is 4.20. The summed E-state index contributed by atoms with van der Waals surface area (Å²) in [5, 5.41) is 12.1. The molecule has 1 aromatic rings. The monoisotopic (exact) mass is 358 g/mol. The summed E-state index contributed by atoms with van der Waals surface area (Å²) in [5.74, 6) is 0.739. The largest absolute Gasteiger partial charge is 0.489 e. The molecule has 142 valence electrons. The highest BCUT2D eigenvalue weighted by molar-refractivity contribution is 5.68. The lowest BCUT2D eigenvalue weighted by Gasteiger charge is -2.62. The second kappa shape index (κ2) is 6.50. The van der Waals surface area contributed by atoms with Crippen molar-refractivity contribution < 1.29 is 14.3 Å². The molecule has 5 nitrogen and oxygen atoms in total. The molecule has 0 saturated heterocycles. The fraction of sp³-hybridized carbons (Fsp3) is 0.619. The predicted molar refractivity (Wildman–Crippen MR) is 101 cm³/mol.